The highest BCUT2D eigenvalue weighted by atomic mass is 16.6. The second kappa shape index (κ2) is 17.2. The zero-order valence-corrected chi connectivity index (χ0v) is 14.7. The molecule has 0 aliphatic rings. The van der Waals surface area contributed by atoms with Crippen molar-refractivity contribution in [1.82, 2.24) is 0 Å². The van der Waals surface area contributed by atoms with Gasteiger partial charge in [-0.15, -0.1) is 6.58 Å². The lowest BCUT2D eigenvalue weighted by Crippen LogP contribution is -2.27. The molecular weight excluding hydrogens is 292 g/mol. The summed E-state index contributed by atoms with van der Waals surface area (Å²) in [4.78, 5) is 11.6. The average Bonchev–Trinajstić information content (AvgIpc) is 2.56. The fraction of sp³-hybridized carbons (Fsp3) is 0.737. The van der Waals surface area contributed by atoms with Crippen LogP contribution in [0, 0.1) is 0 Å². The highest BCUT2D eigenvalue weighted by Gasteiger charge is 2.13. The molecule has 0 heterocycles. The van der Waals surface area contributed by atoms with Gasteiger partial charge < -0.3 is 14.6 Å². The summed E-state index contributed by atoms with van der Waals surface area (Å²) in [7, 11) is 0. The minimum atomic E-state index is -0.556. The van der Waals surface area contributed by atoms with Gasteiger partial charge in [0.05, 0.1) is 13.2 Å². The third kappa shape index (κ3) is 15.5. The van der Waals surface area contributed by atoms with Crippen molar-refractivity contribution in [2.45, 2.75) is 70.8 Å². The summed E-state index contributed by atoms with van der Waals surface area (Å²) in [5, 5.41) is 9.23. The Morgan fingerprint density at radius 1 is 1.17 bits per heavy atom. The van der Waals surface area contributed by atoms with Crippen molar-refractivity contribution in [3.05, 3.63) is 24.8 Å². The van der Waals surface area contributed by atoms with E-state index in [0.29, 0.717) is 19.4 Å². The quantitative estimate of drug-likeness (QED) is 0.263. The van der Waals surface area contributed by atoms with Gasteiger partial charge in [-0.25, -0.2) is 0 Å². The first-order valence-electron chi connectivity index (χ1n) is 8.88. The van der Waals surface area contributed by atoms with Gasteiger partial charge in [0.1, 0.15) is 6.10 Å². The van der Waals surface area contributed by atoms with Crippen molar-refractivity contribution >= 4 is 5.97 Å². The van der Waals surface area contributed by atoms with Crippen LogP contribution in [0.3, 0.4) is 0 Å². The normalized spacial score (nSPS) is 12.4. The number of rotatable bonds is 16. The highest BCUT2D eigenvalue weighted by molar-refractivity contribution is 5.69. The molecule has 1 N–H and O–H groups in total. The van der Waals surface area contributed by atoms with Crippen molar-refractivity contribution < 1.29 is 19.4 Å². The van der Waals surface area contributed by atoms with E-state index in [4.69, 9.17) is 9.47 Å². The summed E-state index contributed by atoms with van der Waals surface area (Å²) in [6.45, 7) is 6.55. The van der Waals surface area contributed by atoms with E-state index in [1.165, 1.54) is 32.1 Å². The van der Waals surface area contributed by atoms with Gasteiger partial charge in [-0.3, -0.25) is 4.79 Å². The first-order valence-corrected chi connectivity index (χ1v) is 8.88. The number of aliphatic hydroxyl groups excluding tert-OH is 1. The zero-order valence-electron chi connectivity index (χ0n) is 14.7. The highest BCUT2D eigenvalue weighted by Crippen LogP contribution is 2.06. The van der Waals surface area contributed by atoms with Crippen molar-refractivity contribution in [3.63, 3.8) is 0 Å². The molecule has 0 fully saturated rings. The lowest BCUT2D eigenvalue weighted by molar-refractivity contribution is -0.154. The molecule has 0 saturated carbocycles. The van der Waals surface area contributed by atoms with E-state index >= 15 is 0 Å². The number of hydrogen-bond acceptors (Lipinski definition) is 4. The number of hydrogen-bond donors (Lipinski definition) is 1. The van der Waals surface area contributed by atoms with E-state index in [0.717, 1.165) is 12.8 Å². The van der Waals surface area contributed by atoms with Crippen molar-refractivity contribution in [2.75, 3.05) is 19.8 Å². The summed E-state index contributed by atoms with van der Waals surface area (Å²) in [5.74, 6) is -0.296. The van der Waals surface area contributed by atoms with E-state index < -0.39 is 6.10 Å². The van der Waals surface area contributed by atoms with Gasteiger partial charge >= 0.3 is 5.97 Å². The van der Waals surface area contributed by atoms with Crippen LogP contribution in [0.1, 0.15) is 64.7 Å². The number of carbonyl (C=O) groups excluding carboxylic acids is 1. The van der Waals surface area contributed by atoms with Gasteiger partial charge in [0.25, 0.3) is 0 Å². The maximum atomic E-state index is 11.6. The van der Waals surface area contributed by atoms with Crippen LogP contribution in [-0.4, -0.2) is 37.0 Å². The molecule has 0 spiro atoms. The Morgan fingerprint density at radius 3 is 2.61 bits per heavy atom. The second-order valence-corrected chi connectivity index (χ2v) is 5.67. The Balaban J connectivity index is 3.60. The second-order valence-electron chi connectivity index (χ2n) is 5.67. The van der Waals surface area contributed by atoms with Crippen LogP contribution in [0.5, 0.6) is 0 Å². The fourth-order valence-corrected chi connectivity index (χ4v) is 2.08. The Morgan fingerprint density at radius 2 is 1.91 bits per heavy atom. The van der Waals surface area contributed by atoms with Crippen molar-refractivity contribution in [2.24, 2.45) is 0 Å². The Bertz CT molecular complexity index is 312. The number of unbranched alkanes of at least 4 members (excludes halogenated alkanes) is 5. The summed E-state index contributed by atoms with van der Waals surface area (Å²) in [5.41, 5.74) is 0. The van der Waals surface area contributed by atoms with Gasteiger partial charge in [0, 0.05) is 13.0 Å². The smallest absolute Gasteiger partial charge is 0.306 e. The molecule has 134 valence electrons. The van der Waals surface area contributed by atoms with Crippen LogP contribution in [0.2, 0.25) is 0 Å². The predicted octanol–water partition coefficient (Wildman–Crippen LogP) is 4.18. The third-order valence-corrected chi connectivity index (χ3v) is 3.43. The molecule has 0 saturated heterocycles. The summed E-state index contributed by atoms with van der Waals surface area (Å²) >= 11 is 0. The fourth-order valence-electron chi connectivity index (χ4n) is 2.08. The molecule has 0 aromatic carbocycles. The number of carbonyl (C=O) groups is 1. The van der Waals surface area contributed by atoms with Gasteiger partial charge in [0.15, 0.2) is 0 Å². The Labute approximate surface area is 141 Å². The lowest BCUT2D eigenvalue weighted by atomic mass is 10.1. The average molecular weight is 326 g/mol. The molecule has 0 aromatic rings. The van der Waals surface area contributed by atoms with Gasteiger partial charge in [0.2, 0.25) is 0 Å². The van der Waals surface area contributed by atoms with Crippen LogP contribution in [0.15, 0.2) is 24.8 Å². The van der Waals surface area contributed by atoms with E-state index in [-0.39, 0.29) is 19.2 Å². The molecule has 0 rings (SSSR count). The van der Waals surface area contributed by atoms with E-state index in [1.54, 1.807) is 6.08 Å². The molecule has 4 heteroatoms. The molecular formula is C19H34O4. The molecule has 0 aliphatic heterocycles. The Kier molecular flexibility index (Phi) is 16.4. The molecule has 0 radical (unpaired) electrons. The van der Waals surface area contributed by atoms with Gasteiger partial charge in [-0.1, -0.05) is 57.3 Å². The predicted molar refractivity (Wildman–Crippen MR) is 94.3 cm³/mol. The minimum absolute atomic E-state index is 0.200. The SMILES string of the molecule is C=CCC=CCCC(=O)OC(CO)COCCCCCCCC. The minimum Gasteiger partial charge on any atom is -0.457 e. The van der Waals surface area contributed by atoms with Gasteiger partial charge in [-0.05, 0) is 19.3 Å². The van der Waals surface area contributed by atoms with Crippen molar-refractivity contribution in [1.29, 1.82) is 0 Å². The van der Waals surface area contributed by atoms with Crippen LogP contribution in [0.4, 0.5) is 0 Å². The molecule has 4 nitrogen and oxygen atoms in total. The summed E-state index contributed by atoms with van der Waals surface area (Å²) in [6, 6.07) is 0. The van der Waals surface area contributed by atoms with E-state index in [2.05, 4.69) is 13.5 Å². The summed E-state index contributed by atoms with van der Waals surface area (Å²) < 4.78 is 10.7. The van der Waals surface area contributed by atoms with Crippen molar-refractivity contribution in [3.8, 4) is 0 Å². The molecule has 0 amide bonds. The molecule has 23 heavy (non-hydrogen) atoms. The lowest BCUT2D eigenvalue weighted by Gasteiger charge is -2.15. The molecule has 1 atom stereocenters. The molecule has 0 bridgehead atoms. The first kappa shape index (κ1) is 21.9. The van der Waals surface area contributed by atoms with E-state index in [1.807, 2.05) is 12.2 Å². The monoisotopic (exact) mass is 326 g/mol. The topological polar surface area (TPSA) is 55.8 Å². The number of esters is 1. The summed E-state index contributed by atoms with van der Waals surface area (Å²) in [6.07, 6.45) is 14.2. The largest absolute Gasteiger partial charge is 0.457 e. The van der Waals surface area contributed by atoms with E-state index in [9.17, 15) is 9.90 Å². The number of allylic oxidation sites excluding steroid dienone is 3. The molecule has 0 aliphatic carbocycles. The molecule has 1 unspecified atom stereocenters. The standard InChI is InChI=1S/C19H34O4/c1-3-5-7-9-11-13-15-22-17-18(16-20)23-19(21)14-12-10-8-6-4-2/h4,8,10,18,20H,2-3,5-7,9,11-17H2,1H3. The van der Waals surface area contributed by atoms with Crippen LogP contribution in [0.25, 0.3) is 0 Å². The maximum Gasteiger partial charge on any atom is 0.306 e. The van der Waals surface area contributed by atoms with Crippen LogP contribution >= 0.6 is 0 Å². The molecule has 0 aromatic heterocycles. The zero-order chi connectivity index (χ0) is 17.2. The Hall–Kier alpha value is -1.13. The third-order valence-electron chi connectivity index (χ3n) is 3.43. The maximum absolute atomic E-state index is 11.6. The number of aliphatic hydroxyl groups is 1. The van der Waals surface area contributed by atoms with Crippen LogP contribution < -0.4 is 0 Å². The number of ether oxygens (including phenoxy) is 2. The van der Waals surface area contributed by atoms with Crippen LogP contribution in [-0.2, 0) is 14.3 Å². The first-order chi connectivity index (χ1) is 11.2. The van der Waals surface area contributed by atoms with Gasteiger partial charge in [-0.2, -0.15) is 0 Å².